The topological polar surface area (TPSA) is 163 Å². The van der Waals surface area contributed by atoms with E-state index in [1.54, 1.807) is 13.8 Å². The van der Waals surface area contributed by atoms with Crippen LogP contribution in [0, 0.1) is 25.6 Å². The van der Waals surface area contributed by atoms with Gasteiger partial charge in [-0.15, -0.1) is 0 Å². The molecule has 0 radical (unpaired) electrons. The smallest absolute Gasteiger partial charge is 0.411 e. The van der Waals surface area contributed by atoms with Crippen LogP contribution in [0.4, 0.5) is 32.3 Å². The number of anilines is 2. The highest BCUT2D eigenvalue weighted by atomic mass is 16.6. The quantitative estimate of drug-likeness (QED) is 0.460. The van der Waals surface area contributed by atoms with E-state index >= 15 is 0 Å². The van der Waals surface area contributed by atoms with E-state index in [9.17, 15) is 29.8 Å². The fourth-order valence-electron chi connectivity index (χ4n) is 2.20. The number of nitrogens with zero attached hydrogens (tertiary/aromatic N) is 2. The van der Waals surface area contributed by atoms with Crippen LogP contribution < -0.4 is 10.6 Å². The van der Waals surface area contributed by atoms with E-state index in [-0.39, 0.29) is 24.6 Å². The molecule has 0 fully saturated rings. The van der Waals surface area contributed by atoms with Gasteiger partial charge in [0.1, 0.15) is 13.2 Å². The maximum absolute atomic E-state index is 11.9. The van der Waals surface area contributed by atoms with E-state index in [1.807, 2.05) is 0 Å². The molecule has 0 atom stereocenters. The second-order valence-corrected chi connectivity index (χ2v) is 7.17. The van der Waals surface area contributed by atoms with Gasteiger partial charge in [0.15, 0.2) is 0 Å². The van der Waals surface area contributed by atoms with Crippen molar-refractivity contribution in [3.8, 4) is 0 Å². The van der Waals surface area contributed by atoms with Crippen molar-refractivity contribution < 1.29 is 28.9 Å². The highest BCUT2D eigenvalue weighted by Crippen LogP contribution is 2.19. The third-order valence-electron chi connectivity index (χ3n) is 3.84. The molecule has 0 spiro atoms. The summed E-state index contributed by atoms with van der Waals surface area (Å²) in [6, 6.07) is 10.5. The van der Waals surface area contributed by atoms with Gasteiger partial charge in [-0.25, -0.2) is 9.59 Å². The highest BCUT2D eigenvalue weighted by molar-refractivity contribution is 5.85. The summed E-state index contributed by atoms with van der Waals surface area (Å²) in [6.45, 7) is 3.28. The Bertz CT molecular complexity index is 880. The largest absolute Gasteiger partial charge is 0.449 e. The lowest BCUT2D eigenvalue weighted by Gasteiger charge is -2.23. The average molecular weight is 432 g/mol. The van der Waals surface area contributed by atoms with Crippen LogP contribution in [0.5, 0.6) is 0 Å². The highest BCUT2D eigenvalue weighted by Gasteiger charge is 2.23. The Morgan fingerprint density at radius 3 is 1.39 bits per heavy atom. The predicted molar refractivity (Wildman–Crippen MR) is 110 cm³/mol. The van der Waals surface area contributed by atoms with Gasteiger partial charge in [0, 0.05) is 41.1 Å². The summed E-state index contributed by atoms with van der Waals surface area (Å²) in [5.74, 6) is 0. The zero-order valence-corrected chi connectivity index (χ0v) is 16.7. The molecule has 0 aliphatic rings. The lowest BCUT2D eigenvalue weighted by atomic mass is 9.96. The molecule has 0 aliphatic carbocycles. The van der Waals surface area contributed by atoms with Gasteiger partial charge in [0.2, 0.25) is 0 Å². The summed E-state index contributed by atoms with van der Waals surface area (Å²) < 4.78 is 10.2. The first-order chi connectivity index (χ1) is 14.6. The Balaban J connectivity index is 1.76. The van der Waals surface area contributed by atoms with Crippen molar-refractivity contribution in [2.45, 2.75) is 13.8 Å². The number of hydrogen-bond acceptors (Lipinski definition) is 8. The molecule has 0 saturated carbocycles. The average Bonchev–Trinajstić information content (AvgIpc) is 2.72. The van der Waals surface area contributed by atoms with Crippen molar-refractivity contribution in [1.29, 1.82) is 0 Å². The fraction of sp³-hybridized carbons (Fsp3) is 0.263. The number of non-ortho nitro benzene ring substituents is 2. The minimum Gasteiger partial charge on any atom is -0.449 e. The number of benzene rings is 2. The number of hydrogen-bond donors (Lipinski definition) is 2. The summed E-state index contributed by atoms with van der Waals surface area (Å²) in [5, 5.41) is 26.1. The second-order valence-electron chi connectivity index (χ2n) is 7.17. The Morgan fingerprint density at radius 1 is 0.774 bits per heavy atom. The lowest BCUT2D eigenvalue weighted by molar-refractivity contribution is -0.385. The molecule has 31 heavy (non-hydrogen) atoms. The van der Waals surface area contributed by atoms with E-state index in [0.717, 1.165) is 0 Å². The van der Waals surface area contributed by atoms with Crippen LogP contribution in [0.1, 0.15) is 13.8 Å². The molecule has 2 aromatic rings. The van der Waals surface area contributed by atoms with Gasteiger partial charge in [0.25, 0.3) is 11.4 Å². The van der Waals surface area contributed by atoms with Crippen LogP contribution in [0.2, 0.25) is 0 Å². The van der Waals surface area contributed by atoms with E-state index < -0.39 is 27.4 Å². The summed E-state index contributed by atoms with van der Waals surface area (Å²) in [5.41, 5.74) is -0.271. The molecule has 0 aliphatic heterocycles. The third kappa shape index (κ3) is 7.61. The van der Waals surface area contributed by atoms with Crippen molar-refractivity contribution in [3.05, 3.63) is 68.8 Å². The molecule has 2 amide bonds. The first-order valence-corrected chi connectivity index (χ1v) is 8.92. The summed E-state index contributed by atoms with van der Waals surface area (Å²) in [4.78, 5) is 43.9. The first-order valence-electron chi connectivity index (χ1n) is 8.92. The molecule has 0 heterocycles. The monoisotopic (exact) mass is 432 g/mol. The van der Waals surface area contributed by atoms with Gasteiger partial charge in [-0.1, -0.05) is 13.8 Å². The summed E-state index contributed by atoms with van der Waals surface area (Å²) in [7, 11) is 0. The zero-order valence-electron chi connectivity index (χ0n) is 16.7. The molecule has 12 nitrogen and oxygen atoms in total. The van der Waals surface area contributed by atoms with Crippen molar-refractivity contribution in [2.75, 3.05) is 23.8 Å². The number of nitrogens with one attached hydrogen (secondary N) is 2. The van der Waals surface area contributed by atoms with E-state index in [4.69, 9.17) is 9.47 Å². The van der Waals surface area contributed by atoms with Gasteiger partial charge in [0.05, 0.1) is 9.85 Å². The van der Waals surface area contributed by atoms with Crippen LogP contribution in [-0.2, 0) is 9.47 Å². The van der Waals surface area contributed by atoms with E-state index in [1.165, 1.54) is 48.5 Å². The molecule has 2 aromatic carbocycles. The van der Waals surface area contributed by atoms with Crippen molar-refractivity contribution >= 4 is 34.9 Å². The summed E-state index contributed by atoms with van der Waals surface area (Å²) in [6.07, 6.45) is -1.53. The van der Waals surface area contributed by atoms with Crippen LogP contribution in [0.25, 0.3) is 0 Å². The molecule has 164 valence electrons. The normalized spacial score (nSPS) is 10.6. The predicted octanol–water partition coefficient (Wildman–Crippen LogP) is 4.33. The Kier molecular flexibility index (Phi) is 7.44. The third-order valence-corrected chi connectivity index (χ3v) is 3.84. The van der Waals surface area contributed by atoms with Crippen LogP contribution >= 0.6 is 0 Å². The number of carbonyl (C=O) groups is 2. The van der Waals surface area contributed by atoms with Gasteiger partial charge in [-0.3, -0.25) is 30.9 Å². The number of rotatable bonds is 8. The van der Waals surface area contributed by atoms with Gasteiger partial charge in [-0.05, 0) is 24.3 Å². The minimum atomic E-state index is -0.766. The Hall–Kier alpha value is -4.22. The number of carbonyl (C=O) groups excluding carboxylic acids is 2. The molecule has 0 aromatic heterocycles. The Morgan fingerprint density at radius 2 is 1.10 bits per heavy atom. The molecular weight excluding hydrogens is 412 g/mol. The molecule has 0 bridgehead atoms. The minimum absolute atomic E-state index is 0.0728. The molecule has 2 rings (SSSR count). The van der Waals surface area contributed by atoms with Gasteiger partial charge in [-0.2, -0.15) is 0 Å². The van der Waals surface area contributed by atoms with Crippen molar-refractivity contribution in [1.82, 2.24) is 0 Å². The zero-order chi connectivity index (χ0) is 23.0. The number of nitro groups is 2. The maximum atomic E-state index is 11.9. The molecular formula is C19H20N4O8. The Labute approximate surface area is 176 Å². The van der Waals surface area contributed by atoms with Crippen molar-refractivity contribution in [3.63, 3.8) is 0 Å². The van der Waals surface area contributed by atoms with Gasteiger partial charge >= 0.3 is 12.2 Å². The van der Waals surface area contributed by atoms with Crippen LogP contribution in [0.15, 0.2) is 48.5 Å². The van der Waals surface area contributed by atoms with Crippen molar-refractivity contribution in [2.24, 2.45) is 5.41 Å². The number of amides is 2. The molecule has 0 saturated heterocycles. The standard InChI is InChI=1S/C19H20N4O8/c1-19(2,11-30-17(24)20-13-3-7-15(8-4-13)22(26)27)12-31-18(25)21-14-5-9-16(10-6-14)23(28)29/h3-10H,11-12H2,1-2H3,(H,20,24)(H,21,25). The molecule has 2 N–H and O–H groups in total. The lowest BCUT2D eigenvalue weighted by Crippen LogP contribution is -2.30. The van der Waals surface area contributed by atoms with Crippen LogP contribution in [0.3, 0.4) is 0 Å². The van der Waals surface area contributed by atoms with Crippen LogP contribution in [-0.4, -0.2) is 35.2 Å². The number of ether oxygens (including phenoxy) is 2. The molecule has 12 heteroatoms. The van der Waals surface area contributed by atoms with Gasteiger partial charge < -0.3 is 9.47 Å². The van der Waals surface area contributed by atoms with E-state index in [0.29, 0.717) is 11.4 Å². The SMILES string of the molecule is CC(C)(COC(=O)Nc1ccc([N+](=O)[O-])cc1)COC(=O)Nc1ccc([N+](=O)[O-])cc1. The number of nitro benzene ring substituents is 2. The first kappa shape index (κ1) is 23.1. The molecule has 0 unspecified atom stereocenters. The van der Waals surface area contributed by atoms with E-state index in [2.05, 4.69) is 10.6 Å². The fourth-order valence-corrected chi connectivity index (χ4v) is 2.20. The summed E-state index contributed by atoms with van der Waals surface area (Å²) >= 11 is 0. The second kappa shape index (κ2) is 10.0. The maximum Gasteiger partial charge on any atom is 0.411 e.